The number of hydrogen-bond donors (Lipinski definition) is 0. The molecule has 0 aromatic heterocycles. The van der Waals surface area contributed by atoms with Crippen molar-refractivity contribution in [3.63, 3.8) is 0 Å². The van der Waals surface area contributed by atoms with Crippen molar-refractivity contribution in [2.45, 2.75) is 103 Å². The second kappa shape index (κ2) is 11.3. The maximum Gasteiger partial charge on any atom is 0.414 e. The van der Waals surface area contributed by atoms with Gasteiger partial charge in [-0.2, -0.15) is 13.2 Å². The fourth-order valence-corrected chi connectivity index (χ4v) is 6.42. The first-order chi connectivity index (χ1) is 16.7. The highest BCUT2D eigenvalue weighted by Gasteiger charge is 2.43. The van der Waals surface area contributed by atoms with Crippen molar-refractivity contribution in [1.82, 2.24) is 0 Å². The summed E-state index contributed by atoms with van der Waals surface area (Å²) >= 11 is 0. The van der Waals surface area contributed by atoms with Crippen molar-refractivity contribution in [2.24, 2.45) is 23.7 Å². The summed E-state index contributed by atoms with van der Waals surface area (Å²) in [5, 5.41) is 0. The molecule has 2 fully saturated rings. The Morgan fingerprint density at radius 2 is 1.57 bits per heavy atom. The third-order valence-corrected chi connectivity index (χ3v) is 8.60. The smallest absolute Gasteiger partial charge is 0.364 e. The molecule has 196 valence electrons. The van der Waals surface area contributed by atoms with Gasteiger partial charge in [-0.1, -0.05) is 39.0 Å². The van der Waals surface area contributed by atoms with Gasteiger partial charge in [0.05, 0.1) is 6.61 Å². The van der Waals surface area contributed by atoms with Gasteiger partial charge in [-0.25, -0.2) is 13.2 Å². The molecular formula is C28H36F6O. The molecule has 0 amide bonds. The monoisotopic (exact) mass is 502 g/mol. The first-order valence-electron chi connectivity index (χ1n) is 13.2. The highest BCUT2D eigenvalue weighted by molar-refractivity contribution is 5.63. The van der Waals surface area contributed by atoms with E-state index in [0.29, 0.717) is 24.7 Å². The molecule has 1 heterocycles. The molecule has 7 heteroatoms. The quantitative estimate of drug-likeness (QED) is 0.352. The highest BCUT2D eigenvalue weighted by atomic mass is 19.4. The van der Waals surface area contributed by atoms with Crippen molar-refractivity contribution in [2.75, 3.05) is 0 Å². The Hall–Kier alpha value is -1.50. The molecule has 1 aliphatic heterocycles. The van der Waals surface area contributed by atoms with E-state index in [-0.39, 0.29) is 16.7 Å². The Kier molecular flexibility index (Phi) is 8.55. The molecule has 1 unspecified atom stereocenters. The predicted molar refractivity (Wildman–Crippen MR) is 124 cm³/mol. The predicted octanol–water partition coefficient (Wildman–Crippen LogP) is 9.24. The topological polar surface area (TPSA) is 9.23 Å². The SMILES string of the molecule is CCCCC1CCC(C2CCC(/C(F)=C(\F)c3cc(F)c4c(c3)COC(C(F)(F)F)C4)CC2)CC1. The molecule has 0 bridgehead atoms. The van der Waals surface area contributed by atoms with E-state index in [1.54, 1.807) is 0 Å². The van der Waals surface area contributed by atoms with Crippen LogP contribution in [0, 0.1) is 29.5 Å². The molecule has 4 rings (SSSR count). The molecule has 1 aromatic rings. The third-order valence-electron chi connectivity index (χ3n) is 8.60. The molecule has 1 atom stereocenters. The molecule has 0 saturated heterocycles. The fourth-order valence-electron chi connectivity index (χ4n) is 6.42. The van der Waals surface area contributed by atoms with Gasteiger partial charge in [0.25, 0.3) is 0 Å². The minimum Gasteiger partial charge on any atom is -0.364 e. The molecule has 0 radical (unpaired) electrons. The number of hydrogen-bond acceptors (Lipinski definition) is 1. The van der Waals surface area contributed by atoms with Crippen LogP contribution >= 0.6 is 0 Å². The second-order valence-corrected chi connectivity index (χ2v) is 10.8. The van der Waals surface area contributed by atoms with Crippen molar-refractivity contribution in [3.8, 4) is 0 Å². The minimum atomic E-state index is -4.60. The lowest BCUT2D eigenvalue weighted by molar-refractivity contribution is -0.226. The van der Waals surface area contributed by atoms with Crippen LogP contribution in [0.1, 0.15) is 94.2 Å². The second-order valence-electron chi connectivity index (χ2n) is 10.8. The number of benzene rings is 1. The average molecular weight is 503 g/mol. The number of fused-ring (bicyclic) bond motifs is 1. The van der Waals surface area contributed by atoms with Gasteiger partial charge < -0.3 is 4.74 Å². The number of alkyl halides is 3. The van der Waals surface area contributed by atoms with Gasteiger partial charge in [0.2, 0.25) is 0 Å². The van der Waals surface area contributed by atoms with Gasteiger partial charge in [0.1, 0.15) is 11.6 Å². The third kappa shape index (κ3) is 6.26. The van der Waals surface area contributed by atoms with Crippen LogP contribution in [0.4, 0.5) is 26.3 Å². The molecule has 1 aromatic carbocycles. The van der Waals surface area contributed by atoms with Crippen LogP contribution in [0.5, 0.6) is 0 Å². The van der Waals surface area contributed by atoms with Crippen LogP contribution < -0.4 is 0 Å². The van der Waals surface area contributed by atoms with Gasteiger partial charge in [-0.05, 0) is 79.5 Å². The zero-order valence-corrected chi connectivity index (χ0v) is 20.4. The zero-order valence-electron chi connectivity index (χ0n) is 20.4. The largest absolute Gasteiger partial charge is 0.414 e. The van der Waals surface area contributed by atoms with Crippen LogP contribution in [0.3, 0.4) is 0 Å². The maximum atomic E-state index is 15.1. The minimum absolute atomic E-state index is 0.138. The summed E-state index contributed by atoms with van der Waals surface area (Å²) in [6, 6.07) is 2.04. The van der Waals surface area contributed by atoms with Crippen molar-refractivity contribution >= 4 is 5.83 Å². The van der Waals surface area contributed by atoms with Crippen molar-refractivity contribution < 1.29 is 31.1 Å². The number of allylic oxidation sites excluding steroid dienone is 1. The molecule has 2 aliphatic carbocycles. The Bertz CT molecular complexity index is 891. The van der Waals surface area contributed by atoms with E-state index in [4.69, 9.17) is 4.74 Å². The normalized spacial score (nSPS) is 30.5. The molecule has 2 saturated carbocycles. The van der Waals surface area contributed by atoms with Gasteiger partial charge in [0.15, 0.2) is 11.9 Å². The molecule has 0 N–H and O–H groups in total. The lowest BCUT2D eigenvalue weighted by atomic mass is 9.68. The fraction of sp³-hybridized carbons (Fsp3) is 0.714. The zero-order chi connectivity index (χ0) is 25.2. The molecular weight excluding hydrogens is 466 g/mol. The summed E-state index contributed by atoms with van der Waals surface area (Å²) in [6.45, 7) is 1.74. The Labute approximate surface area is 204 Å². The summed E-state index contributed by atoms with van der Waals surface area (Å²) in [7, 11) is 0. The van der Waals surface area contributed by atoms with Gasteiger partial charge in [-0.3, -0.25) is 0 Å². The van der Waals surface area contributed by atoms with Crippen LogP contribution in [-0.4, -0.2) is 12.3 Å². The van der Waals surface area contributed by atoms with Crippen LogP contribution in [0.25, 0.3) is 5.83 Å². The highest BCUT2D eigenvalue weighted by Crippen LogP contribution is 2.45. The van der Waals surface area contributed by atoms with Crippen molar-refractivity contribution in [3.05, 3.63) is 40.5 Å². The number of unbranched alkanes of at least 4 members (excludes halogenated alkanes) is 1. The Morgan fingerprint density at radius 1 is 0.943 bits per heavy atom. The van der Waals surface area contributed by atoms with Crippen LogP contribution in [0.15, 0.2) is 18.0 Å². The van der Waals surface area contributed by atoms with Gasteiger partial charge >= 0.3 is 6.18 Å². The van der Waals surface area contributed by atoms with Gasteiger partial charge in [0, 0.05) is 17.9 Å². The molecule has 0 spiro atoms. The Morgan fingerprint density at radius 3 is 2.17 bits per heavy atom. The molecule has 1 nitrogen and oxygen atoms in total. The van der Waals surface area contributed by atoms with E-state index in [0.717, 1.165) is 24.8 Å². The maximum absolute atomic E-state index is 15.1. The van der Waals surface area contributed by atoms with E-state index in [1.807, 2.05) is 0 Å². The van der Waals surface area contributed by atoms with Crippen LogP contribution in [-0.2, 0) is 17.8 Å². The Balaban J connectivity index is 1.36. The lowest BCUT2D eigenvalue weighted by Crippen LogP contribution is -2.37. The standard InChI is InChI=1S/C28H36F6O/c1-2-3-4-17-5-7-18(8-6-17)19-9-11-20(12-10-19)26(30)27(31)21-13-22-16-35-25(28(32,33)34)15-23(22)24(29)14-21/h13-14,17-20,25H,2-12,15-16H2,1H3/b27-26+. The first kappa shape index (κ1) is 26.6. The van der Waals surface area contributed by atoms with Crippen LogP contribution in [0.2, 0.25) is 0 Å². The lowest BCUT2D eigenvalue weighted by Gasteiger charge is -2.37. The van der Waals surface area contributed by atoms with E-state index < -0.39 is 48.7 Å². The van der Waals surface area contributed by atoms with Crippen molar-refractivity contribution in [1.29, 1.82) is 0 Å². The van der Waals surface area contributed by atoms with Gasteiger partial charge in [-0.15, -0.1) is 0 Å². The average Bonchev–Trinajstić information content (AvgIpc) is 2.86. The van der Waals surface area contributed by atoms with E-state index in [9.17, 15) is 17.6 Å². The molecule has 3 aliphatic rings. The number of rotatable bonds is 6. The molecule has 35 heavy (non-hydrogen) atoms. The first-order valence-corrected chi connectivity index (χ1v) is 13.2. The number of halogens is 6. The van der Waals surface area contributed by atoms with E-state index in [2.05, 4.69) is 6.92 Å². The summed E-state index contributed by atoms with van der Waals surface area (Å²) in [4.78, 5) is 0. The summed E-state index contributed by atoms with van der Waals surface area (Å²) in [6.07, 6.45) is 4.44. The van der Waals surface area contributed by atoms with E-state index >= 15 is 8.78 Å². The number of ether oxygens (including phenoxy) is 1. The van der Waals surface area contributed by atoms with E-state index in [1.165, 1.54) is 51.0 Å². The summed E-state index contributed by atoms with van der Waals surface area (Å²) in [5.74, 6) is -1.36. The summed E-state index contributed by atoms with van der Waals surface area (Å²) < 4.78 is 88.3. The summed E-state index contributed by atoms with van der Waals surface area (Å²) in [5.41, 5.74) is -0.262.